The van der Waals surface area contributed by atoms with Gasteiger partial charge in [0.25, 0.3) is 0 Å². The molecule has 6 heteroatoms. The molecule has 0 spiro atoms. The molecule has 22 heavy (non-hydrogen) atoms. The second-order valence-corrected chi connectivity index (χ2v) is 6.38. The van der Waals surface area contributed by atoms with Crippen molar-refractivity contribution in [1.82, 2.24) is 10.1 Å². The zero-order chi connectivity index (χ0) is 15.7. The van der Waals surface area contributed by atoms with E-state index in [1.165, 1.54) is 12.8 Å². The molecule has 2 atom stereocenters. The van der Waals surface area contributed by atoms with E-state index in [1.54, 1.807) is 0 Å². The number of anilines is 1. The Morgan fingerprint density at radius 2 is 2.14 bits per heavy atom. The molecule has 0 N–H and O–H groups in total. The molecule has 0 aromatic carbocycles. The topological polar surface area (TPSA) is 58.8 Å². The molecular formula is C16H25N3O3. The van der Waals surface area contributed by atoms with E-state index in [-0.39, 0.29) is 18.1 Å². The first-order valence-electron chi connectivity index (χ1n) is 8.13. The highest BCUT2D eigenvalue weighted by Crippen LogP contribution is 2.29. The predicted octanol–water partition coefficient (Wildman–Crippen LogP) is 1.90. The average molecular weight is 307 g/mol. The lowest BCUT2D eigenvalue weighted by Crippen LogP contribution is -2.56. The minimum atomic E-state index is 0.169. The van der Waals surface area contributed by atoms with E-state index in [4.69, 9.17) is 9.26 Å². The summed E-state index contributed by atoms with van der Waals surface area (Å²) in [6.45, 7) is 5.49. The minimum absolute atomic E-state index is 0.169. The lowest BCUT2D eigenvalue weighted by atomic mass is 9.90. The van der Waals surface area contributed by atoms with E-state index in [1.807, 2.05) is 30.7 Å². The number of likely N-dealkylation sites (N-methyl/N-ethyl adjacent to an activating group) is 1. The van der Waals surface area contributed by atoms with Crippen LogP contribution in [-0.4, -0.2) is 54.9 Å². The smallest absolute Gasteiger partial charge is 0.242 e. The van der Waals surface area contributed by atoms with Gasteiger partial charge in [-0.1, -0.05) is 18.0 Å². The Balaban J connectivity index is 1.68. The van der Waals surface area contributed by atoms with Gasteiger partial charge in [0.1, 0.15) is 11.4 Å². The molecule has 1 saturated heterocycles. The van der Waals surface area contributed by atoms with Crippen LogP contribution < -0.4 is 4.90 Å². The third kappa shape index (κ3) is 2.84. The molecule has 1 amide bonds. The molecule has 1 aromatic heterocycles. The second kappa shape index (κ2) is 6.28. The van der Waals surface area contributed by atoms with Gasteiger partial charge < -0.3 is 19.1 Å². The number of amides is 1. The molecule has 1 saturated carbocycles. The molecule has 2 heterocycles. The Morgan fingerprint density at radius 3 is 2.86 bits per heavy atom. The molecule has 6 nitrogen and oxygen atoms in total. The van der Waals surface area contributed by atoms with Crippen LogP contribution in [0.15, 0.2) is 4.52 Å². The largest absolute Gasteiger partial charge is 0.374 e. The fourth-order valence-corrected chi connectivity index (χ4v) is 3.80. The number of hydrogen-bond donors (Lipinski definition) is 0. The monoisotopic (exact) mass is 307 g/mol. The summed E-state index contributed by atoms with van der Waals surface area (Å²) in [4.78, 5) is 16.7. The van der Waals surface area contributed by atoms with E-state index in [0.29, 0.717) is 19.7 Å². The number of hydrogen-bond acceptors (Lipinski definition) is 5. The molecule has 3 rings (SSSR count). The molecule has 1 aliphatic heterocycles. The summed E-state index contributed by atoms with van der Waals surface area (Å²) in [5, 5.41) is 3.96. The van der Waals surface area contributed by atoms with E-state index in [9.17, 15) is 4.79 Å². The molecule has 0 bridgehead atoms. The Labute approximate surface area is 131 Å². The summed E-state index contributed by atoms with van der Waals surface area (Å²) in [5.41, 5.74) is 1.74. The first-order chi connectivity index (χ1) is 10.6. The van der Waals surface area contributed by atoms with Gasteiger partial charge in [-0.25, -0.2) is 0 Å². The van der Waals surface area contributed by atoms with Crippen molar-refractivity contribution in [2.75, 3.05) is 31.6 Å². The zero-order valence-electron chi connectivity index (χ0n) is 13.7. The van der Waals surface area contributed by atoms with Crippen LogP contribution in [0.2, 0.25) is 0 Å². The van der Waals surface area contributed by atoms with Crippen molar-refractivity contribution < 1.29 is 14.1 Å². The fourth-order valence-electron chi connectivity index (χ4n) is 3.80. The van der Waals surface area contributed by atoms with Crippen LogP contribution in [-0.2, 0) is 9.53 Å². The number of nitrogens with zero attached hydrogens (tertiary/aromatic N) is 3. The number of carbonyl (C=O) groups is 1. The average Bonchev–Trinajstić information content (AvgIpc) is 2.85. The first kappa shape index (κ1) is 15.3. The van der Waals surface area contributed by atoms with Gasteiger partial charge >= 0.3 is 0 Å². The van der Waals surface area contributed by atoms with Crippen LogP contribution in [0.1, 0.15) is 37.1 Å². The summed E-state index contributed by atoms with van der Waals surface area (Å²) >= 11 is 0. The Morgan fingerprint density at radius 1 is 1.36 bits per heavy atom. The normalized spacial score (nSPS) is 25.0. The van der Waals surface area contributed by atoms with Crippen molar-refractivity contribution in [3.8, 4) is 0 Å². The van der Waals surface area contributed by atoms with Crippen LogP contribution in [0, 0.1) is 13.8 Å². The third-order valence-electron chi connectivity index (χ3n) is 4.80. The minimum Gasteiger partial charge on any atom is -0.374 e. The molecule has 1 aliphatic carbocycles. The fraction of sp³-hybridized carbons (Fsp3) is 0.750. The second-order valence-electron chi connectivity index (χ2n) is 6.38. The number of morpholine rings is 1. The number of aryl methyl sites for hydroxylation is 2. The SMILES string of the molecule is Cc1noc(C)c1N(C)CC(=O)N1CCOC2CCCCC21. The molecule has 2 unspecified atom stereocenters. The maximum absolute atomic E-state index is 12.8. The zero-order valence-corrected chi connectivity index (χ0v) is 13.7. The standard InChI is InChI=1S/C16H25N3O3/c1-11-16(12(2)22-17-11)18(3)10-15(20)19-8-9-21-14-7-5-4-6-13(14)19/h13-14H,4-10H2,1-3H3. The number of fused-ring (bicyclic) bond motifs is 1. The number of rotatable bonds is 3. The summed E-state index contributed by atoms with van der Waals surface area (Å²) in [7, 11) is 1.92. The molecule has 0 radical (unpaired) electrons. The van der Waals surface area contributed by atoms with Gasteiger partial charge in [0, 0.05) is 13.6 Å². The van der Waals surface area contributed by atoms with Gasteiger partial charge in [-0.3, -0.25) is 4.79 Å². The number of aromatic nitrogens is 1. The summed E-state index contributed by atoms with van der Waals surface area (Å²) < 4.78 is 11.0. The Hall–Kier alpha value is -1.56. The Kier molecular flexibility index (Phi) is 4.38. The number of ether oxygens (including phenoxy) is 1. The molecule has 122 valence electrons. The van der Waals surface area contributed by atoms with Crippen molar-refractivity contribution in [1.29, 1.82) is 0 Å². The highest BCUT2D eigenvalue weighted by atomic mass is 16.5. The van der Waals surface area contributed by atoms with Crippen molar-refractivity contribution >= 4 is 11.6 Å². The van der Waals surface area contributed by atoms with Gasteiger partial charge in [0.2, 0.25) is 5.91 Å². The lowest BCUT2D eigenvalue weighted by Gasteiger charge is -2.44. The highest BCUT2D eigenvalue weighted by Gasteiger charge is 2.36. The van der Waals surface area contributed by atoms with Crippen LogP contribution in [0.5, 0.6) is 0 Å². The summed E-state index contributed by atoms with van der Waals surface area (Å²) in [5.74, 6) is 0.924. The first-order valence-corrected chi connectivity index (χ1v) is 8.13. The van der Waals surface area contributed by atoms with E-state index < -0.39 is 0 Å². The van der Waals surface area contributed by atoms with Gasteiger partial charge in [0.05, 0.1) is 25.3 Å². The molecular weight excluding hydrogens is 282 g/mol. The van der Waals surface area contributed by atoms with Gasteiger partial charge in [0.15, 0.2) is 5.76 Å². The maximum atomic E-state index is 12.8. The quantitative estimate of drug-likeness (QED) is 0.853. The van der Waals surface area contributed by atoms with Crippen LogP contribution in [0.25, 0.3) is 0 Å². The lowest BCUT2D eigenvalue weighted by molar-refractivity contribution is -0.148. The summed E-state index contributed by atoms with van der Waals surface area (Å²) in [6, 6.07) is 0.257. The van der Waals surface area contributed by atoms with Crippen molar-refractivity contribution in [2.24, 2.45) is 0 Å². The van der Waals surface area contributed by atoms with Crippen LogP contribution in [0.3, 0.4) is 0 Å². The van der Waals surface area contributed by atoms with E-state index in [0.717, 1.165) is 30.0 Å². The van der Waals surface area contributed by atoms with Crippen LogP contribution >= 0.6 is 0 Å². The maximum Gasteiger partial charge on any atom is 0.242 e. The van der Waals surface area contributed by atoms with Crippen molar-refractivity contribution in [3.05, 3.63) is 11.5 Å². The van der Waals surface area contributed by atoms with Gasteiger partial charge in [-0.2, -0.15) is 0 Å². The third-order valence-corrected chi connectivity index (χ3v) is 4.80. The molecule has 1 aromatic rings. The predicted molar refractivity (Wildman–Crippen MR) is 83.0 cm³/mol. The number of carbonyl (C=O) groups excluding carboxylic acids is 1. The van der Waals surface area contributed by atoms with Gasteiger partial charge in [-0.15, -0.1) is 0 Å². The van der Waals surface area contributed by atoms with Gasteiger partial charge in [-0.05, 0) is 26.7 Å². The molecule has 2 aliphatic rings. The highest BCUT2D eigenvalue weighted by molar-refractivity contribution is 5.82. The van der Waals surface area contributed by atoms with Crippen LogP contribution in [0.4, 0.5) is 5.69 Å². The summed E-state index contributed by atoms with van der Waals surface area (Å²) in [6.07, 6.45) is 4.77. The van der Waals surface area contributed by atoms with E-state index in [2.05, 4.69) is 5.16 Å². The van der Waals surface area contributed by atoms with Crippen molar-refractivity contribution in [3.63, 3.8) is 0 Å². The van der Waals surface area contributed by atoms with E-state index >= 15 is 0 Å². The Bertz CT molecular complexity index is 521. The molecule has 2 fully saturated rings. The van der Waals surface area contributed by atoms with Crippen molar-refractivity contribution in [2.45, 2.75) is 51.7 Å².